The number of nitrogens with one attached hydrogen (secondary N) is 2. The van der Waals surface area contributed by atoms with Gasteiger partial charge in [0, 0.05) is 12.1 Å². The molecule has 1 aromatic carbocycles. The molecule has 18 heavy (non-hydrogen) atoms. The Kier molecular flexibility index (Phi) is 3.66. The molecule has 3 nitrogen and oxygen atoms in total. The summed E-state index contributed by atoms with van der Waals surface area (Å²) in [4.78, 5) is 0. The molecule has 0 spiro atoms. The average Bonchev–Trinajstić information content (AvgIpc) is 2.77. The number of hydrogen-bond donors (Lipinski definition) is 2. The van der Waals surface area contributed by atoms with E-state index >= 15 is 0 Å². The minimum absolute atomic E-state index is 0.125. The Bertz CT molecular complexity index is 491. The Hall–Kier alpha value is -1.82. The molecule has 0 unspecified atom stereocenters. The zero-order valence-electron chi connectivity index (χ0n) is 9.46. The lowest BCUT2D eigenvalue weighted by molar-refractivity contribution is -0.125. The van der Waals surface area contributed by atoms with Gasteiger partial charge in [-0.3, -0.25) is 5.10 Å². The Balaban J connectivity index is 2.05. The number of rotatable bonds is 4. The molecule has 0 aliphatic carbocycles. The van der Waals surface area contributed by atoms with Crippen molar-refractivity contribution in [2.24, 2.45) is 0 Å². The molecule has 0 radical (unpaired) electrons. The van der Waals surface area contributed by atoms with Gasteiger partial charge in [-0.15, -0.1) is 0 Å². The lowest BCUT2D eigenvalue weighted by atomic mass is 10.1. The van der Waals surface area contributed by atoms with Gasteiger partial charge >= 0.3 is 6.18 Å². The predicted octanol–water partition coefficient (Wildman–Crippen LogP) is 2.73. The van der Waals surface area contributed by atoms with Gasteiger partial charge in [0.1, 0.15) is 0 Å². The molecular formula is C12H12F3N3. The zero-order chi connectivity index (χ0) is 13.0. The number of aromatic nitrogens is 2. The van der Waals surface area contributed by atoms with Crippen molar-refractivity contribution in [1.82, 2.24) is 15.5 Å². The first-order chi connectivity index (χ1) is 8.56. The van der Waals surface area contributed by atoms with Gasteiger partial charge in [-0.1, -0.05) is 30.3 Å². The number of hydrogen-bond acceptors (Lipinski definition) is 2. The maximum absolute atomic E-state index is 12.0. The third-order valence-corrected chi connectivity index (χ3v) is 2.42. The number of benzene rings is 1. The Labute approximate surface area is 102 Å². The molecule has 6 heteroatoms. The third-order valence-electron chi connectivity index (χ3n) is 2.42. The average molecular weight is 255 g/mol. The molecule has 0 aliphatic rings. The second-order valence-corrected chi connectivity index (χ2v) is 3.85. The highest BCUT2D eigenvalue weighted by atomic mass is 19.4. The highest BCUT2D eigenvalue weighted by molar-refractivity contribution is 5.62. The fourth-order valence-corrected chi connectivity index (χ4v) is 1.64. The van der Waals surface area contributed by atoms with Crippen LogP contribution in [0, 0.1) is 0 Å². The molecule has 2 rings (SSSR count). The first kappa shape index (κ1) is 12.6. The molecule has 0 saturated carbocycles. The van der Waals surface area contributed by atoms with Crippen molar-refractivity contribution < 1.29 is 13.2 Å². The van der Waals surface area contributed by atoms with E-state index in [1.54, 1.807) is 0 Å². The van der Waals surface area contributed by atoms with Crippen LogP contribution in [0.2, 0.25) is 0 Å². The van der Waals surface area contributed by atoms with Gasteiger partial charge in [0.05, 0.1) is 18.4 Å². The molecule has 0 bridgehead atoms. The summed E-state index contributed by atoms with van der Waals surface area (Å²) >= 11 is 0. The number of nitrogens with zero attached hydrogens (tertiary/aromatic N) is 1. The number of aromatic amines is 1. The summed E-state index contributed by atoms with van der Waals surface area (Å²) in [5.41, 5.74) is 2.36. The maximum atomic E-state index is 12.0. The minimum Gasteiger partial charge on any atom is -0.304 e. The van der Waals surface area contributed by atoms with Crippen LogP contribution >= 0.6 is 0 Å². The summed E-state index contributed by atoms with van der Waals surface area (Å²) in [7, 11) is 0. The highest BCUT2D eigenvalue weighted by Crippen LogP contribution is 2.20. The summed E-state index contributed by atoms with van der Waals surface area (Å²) < 4.78 is 36.1. The van der Waals surface area contributed by atoms with Crippen LogP contribution in [-0.4, -0.2) is 22.9 Å². The van der Waals surface area contributed by atoms with Gasteiger partial charge in [-0.05, 0) is 5.56 Å². The second-order valence-electron chi connectivity index (χ2n) is 3.85. The summed E-state index contributed by atoms with van der Waals surface area (Å²) in [6.45, 7) is -0.882. The van der Waals surface area contributed by atoms with E-state index in [-0.39, 0.29) is 6.54 Å². The standard InChI is InChI=1S/C12H12F3N3/c13-12(14,15)8-16-6-10-7-17-18-11(10)9-4-2-1-3-5-9/h1-5,7,16H,6,8H2,(H,17,18). The summed E-state index contributed by atoms with van der Waals surface area (Å²) in [6.07, 6.45) is -2.66. The fraction of sp³-hybridized carbons (Fsp3) is 0.250. The molecule has 0 atom stereocenters. The van der Waals surface area contributed by atoms with Gasteiger partial charge in [0.25, 0.3) is 0 Å². The van der Waals surface area contributed by atoms with E-state index in [4.69, 9.17) is 0 Å². The van der Waals surface area contributed by atoms with E-state index in [0.29, 0.717) is 5.56 Å². The van der Waals surface area contributed by atoms with Gasteiger partial charge in [0.15, 0.2) is 0 Å². The van der Waals surface area contributed by atoms with Crippen LogP contribution in [0.5, 0.6) is 0 Å². The lowest BCUT2D eigenvalue weighted by Gasteiger charge is -2.08. The van der Waals surface area contributed by atoms with Crippen molar-refractivity contribution in [2.45, 2.75) is 12.7 Å². The molecule has 1 aromatic heterocycles. The van der Waals surface area contributed by atoms with Crippen LogP contribution in [-0.2, 0) is 6.54 Å². The van der Waals surface area contributed by atoms with Gasteiger partial charge in [-0.25, -0.2) is 0 Å². The topological polar surface area (TPSA) is 40.7 Å². The highest BCUT2D eigenvalue weighted by Gasteiger charge is 2.26. The van der Waals surface area contributed by atoms with Gasteiger partial charge < -0.3 is 5.32 Å². The first-order valence-corrected chi connectivity index (χ1v) is 5.41. The van der Waals surface area contributed by atoms with Crippen LogP contribution in [0.3, 0.4) is 0 Å². The molecule has 0 amide bonds. The molecule has 96 valence electrons. The van der Waals surface area contributed by atoms with E-state index in [2.05, 4.69) is 15.5 Å². The van der Waals surface area contributed by atoms with Crippen LogP contribution in [0.1, 0.15) is 5.56 Å². The summed E-state index contributed by atoms with van der Waals surface area (Å²) in [5, 5.41) is 9.02. The van der Waals surface area contributed by atoms with Crippen molar-refractivity contribution in [1.29, 1.82) is 0 Å². The largest absolute Gasteiger partial charge is 0.401 e. The Morgan fingerprint density at radius 2 is 1.89 bits per heavy atom. The molecule has 0 saturated heterocycles. The molecule has 2 aromatic rings. The van der Waals surface area contributed by atoms with Crippen molar-refractivity contribution in [2.75, 3.05) is 6.54 Å². The van der Waals surface area contributed by atoms with Crippen molar-refractivity contribution in [3.63, 3.8) is 0 Å². The molecule has 1 heterocycles. The van der Waals surface area contributed by atoms with Crippen LogP contribution in [0.25, 0.3) is 11.3 Å². The van der Waals surface area contributed by atoms with E-state index in [9.17, 15) is 13.2 Å². The quantitative estimate of drug-likeness (QED) is 0.882. The Morgan fingerprint density at radius 1 is 1.17 bits per heavy atom. The lowest BCUT2D eigenvalue weighted by Crippen LogP contribution is -2.28. The monoisotopic (exact) mass is 255 g/mol. The predicted molar refractivity (Wildman–Crippen MR) is 61.8 cm³/mol. The fourth-order valence-electron chi connectivity index (χ4n) is 1.64. The van der Waals surface area contributed by atoms with Crippen LogP contribution in [0.4, 0.5) is 13.2 Å². The van der Waals surface area contributed by atoms with E-state index in [1.807, 2.05) is 30.3 Å². The number of alkyl halides is 3. The summed E-state index contributed by atoms with van der Waals surface area (Å²) in [6, 6.07) is 9.36. The van der Waals surface area contributed by atoms with Gasteiger partial charge in [0.2, 0.25) is 0 Å². The molecular weight excluding hydrogens is 243 g/mol. The Morgan fingerprint density at radius 3 is 2.56 bits per heavy atom. The molecule has 2 N–H and O–H groups in total. The number of H-pyrrole nitrogens is 1. The van der Waals surface area contributed by atoms with Crippen LogP contribution in [0.15, 0.2) is 36.5 Å². The van der Waals surface area contributed by atoms with E-state index < -0.39 is 12.7 Å². The summed E-state index contributed by atoms with van der Waals surface area (Å²) in [5.74, 6) is 0. The van der Waals surface area contributed by atoms with E-state index in [0.717, 1.165) is 11.3 Å². The maximum Gasteiger partial charge on any atom is 0.401 e. The van der Waals surface area contributed by atoms with Crippen molar-refractivity contribution in [3.05, 3.63) is 42.1 Å². The molecule has 0 fully saturated rings. The van der Waals surface area contributed by atoms with Gasteiger partial charge in [-0.2, -0.15) is 18.3 Å². The minimum atomic E-state index is -4.20. The van der Waals surface area contributed by atoms with Crippen molar-refractivity contribution >= 4 is 0 Å². The number of halogens is 3. The SMILES string of the molecule is FC(F)(F)CNCc1cn[nH]c1-c1ccccc1. The molecule has 0 aliphatic heterocycles. The first-order valence-electron chi connectivity index (χ1n) is 5.41. The zero-order valence-corrected chi connectivity index (χ0v) is 9.46. The third kappa shape index (κ3) is 3.33. The second kappa shape index (κ2) is 5.22. The van der Waals surface area contributed by atoms with Crippen molar-refractivity contribution in [3.8, 4) is 11.3 Å². The normalized spacial score (nSPS) is 11.7. The smallest absolute Gasteiger partial charge is 0.304 e. The van der Waals surface area contributed by atoms with E-state index in [1.165, 1.54) is 6.20 Å². The van der Waals surface area contributed by atoms with Crippen LogP contribution < -0.4 is 5.32 Å².